The molecular weight excluding hydrogens is 272 g/mol. The van der Waals surface area contributed by atoms with Gasteiger partial charge in [-0.3, -0.25) is 14.6 Å². The number of nitrogens with zero attached hydrogens (tertiary/aromatic N) is 2. The maximum Gasteiger partial charge on any atom is 0.307 e. The highest BCUT2D eigenvalue weighted by atomic mass is 32.2. The minimum absolute atomic E-state index is 0.00213. The van der Waals surface area contributed by atoms with E-state index in [1.165, 1.54) is 6.20 Å². The van der Waals surface area contributed by atoms with E-state index < -0.39 is 22.1 Å². The molecule has 1 unspecified atom stereocenters. The van der Waals surface area contributed by atoms with Gasteiger partial charge in [0.1, 0.15) is 5.82 Å². The van der Waals surface area contributed by atoms with Crippen molar-refractivity contribution < 1.29 is 18.3 Å². The second kappa shape index (κ2) is 5.17. The summed E-state index contributed by atoms with van der Waals surface area (Å²) in [5.41, 5.74) is 0.676. The molecule has 0 aromatic carbocycles. The lowest BCUT2D eigenvalue weighted by Crippen LogP contribution is -2.44. The van der Waals surface area contributed by atoms with Gasteiger partial charge in [-0.2, -0.15) is 17.8 Å². The fourth-order valence-electron chi connectivity index (χ4n) is 2.01. The largest absolute Gasteiger partial charge is 0.481 e. The number of piperidine rings is 1. The molecule has 19 heavy (non-hydrogen) atoms. The van der Waals surface area contributed by atoms with Gasteiger partial charge < -0.3 is 5.11 Å². The van der Waals surface area contributed by atoms with Crippen LogP contribution in [0.1, 0.15) is 18.4 Å². The van der Waals surface area contributed by atoms with Crippen LogP contribution in [0.25, 0.3) is 0 Å². The molecule has 1 atom stereocenters. The number of anilines is 1. The summed E-state index contributed by atoms with van der Waals surface area (Å²) in [7, 11) is -3.75. The van der Waals surface area contributed by atoms with E-state index in [1.54, 1.807) is 6.92 Å². The molecule has 8 nitrogen and oxygen atoms in total. The maximum absolute atomic E-state index is 12.1. The van der Waals surface area contributed by atoms with Gasteiger partial charge in [0.2, 0.25) is 0 Å². The van der Waals surface area contributed by atoms with Crippen LogP contribution >= 0.6 is 0 Å². The molecule has 1 fully saturated rings. The fraction of sp³-hybridized carbons (Fsp3) is 0.600. The van der Waals surface area contributed by atoms with E-state index in [-0.39, 0.29) is 6.54 Å². The van der Waals surface area contributed by atoms with Crippen molar-refractivity contribution >= 4 is 22.0 Å². The van der Waals surface area contributed by atoms with E-state index in [0.717, 1.165) is 4.31 Å². The standard InChI is InChI=1S/C10H16N4O4S/c1-7-5-11-12-9(7)13-19(17,18)14-4-2-3-8(6-14)10(15)16/h5,8H,2-4,6H2,1H3,(H,15,16)(H2,11,12,13). The van der Waals surface area contributed by atoms with Gasteiger partial charge in [0.25, 0.3) is 0 Å². The molecule has 2 heterocycles. The average Bonchev–Trinajstić information content (AvgIpc) is 2.74. The molecule has 0 spiro atoms. The van der Waals surface area contributed by atoms with Crippen LogP contribution in [0.5, 0.6) is 0 Å². The zero-order valence-electron chi connectivity index (χ0n) is 10.5. The number of carbonyl (C=O) groups is 1. The van der Waals surface area contributed by atoms with Crippen molar-refractivity contribution in [2.45, 2.75) is 19.8 Å². The van der Waals surface area contributed by atoms with Crippen molar-refractivity contribution in [3.05, 3.63) is 11.8 Å². The molecule has 9 heteroatoms. The molecule has 1 aromatic heterocycles. The molecule has 2 rings (SSSR count). The lowest BCUT2D eigenvalue weighted by atomic mass is 10.0. The average molecular weight is 288 g/mol. The Morgan fingerprint density at radius 3 is 2.95 bits per heavy atom. The molecule has 106 valence electrons. The number of aliphatic carboxylic acids is 1. The quantitative estimate of drug-likeness (QED) is 0.730. The first-order valence-electron chi connectivity index (χ1n) is 5.91. The highest BCUT2D eigenvalue weighted by Crippen LogP contribution is 2.21. The van der Waals surface area contributed by atoms with Crippen LogP contribution in [0.4, 0.5) is 5.82 Å². The zero-order valence-corrected chi connectivity index (χ0v) is 11.3. The summed E-state index contributed by atoms with van der Waals surface area (Å²) < 4.78 is 27.8. The van der Waals surface area contributed by atoms with Crippen LogP contribution in [0, 0.1) is 12.8 Å². The Balaban J connectivity index is 2.11. The number of nitrogens with one attached hydrogen (secondary N) is 2. The van der Waals surface area contributed by atoms with Crippen LogP contribution < -0.4 is 4.72 Å². The number of carboxylic acid groups (broad SMARTS) is 1. The third-order valence-electron chi connectivity index (χ3n) is 3.13. The van der Waals surface area contributed by atoms with Crippen molar-refractivity contribution in [2.24, 2.45) is 5.92 Å². The molecule has 1 aliphatic rings. The van der Waals surface area contributed by atoms with Gasteiger partial charge in [-0.25, -0.2) is 0 Å². The number of aromatic nitrogens is 2. The molecule has 3 N–H and O–H groups in total. The number of rotatable bonds is 4. The molecule has 1 saturated heterocycles. The van der Waals surface area contributed by atoms with E-state index in [2.05, 4.69) is 14.9 Å². The third kappa shape index (κ3) is 3.04. The number of H-pyrrole nitrogens is 1. The fourth-order valence-corrected chi connectivity index (χ4v) is 3.34. The molecule has 0 amide bonds. The van der Waals surface area contributed by atoms with Crippen molar-refractivity contribution in [3.63, 3.8) is 0 Å². The van der Waals surface area contributed by atoms with E-state index in [0.29, 0.717) is 30.8 Å². The number of aryl methyl sites for hydroxylation is 1. The molecular formula is C10H16N4O4S. The van der Waals surface area contributed by atoms with Crippen molar-refractivity contribution in [1.82, 2.24) is 14.5 Å². The molecule has 0 saturated carbocycles. The molecule has 0 bridgehead atoms. The number of carboxylic acids is 1. The Morgan fingerprint density at radius 1 is 1.63 bits per heavy atom. The second-order valence-electron chi connectivity index (χ2n) is 4.57. The Bertz CT molecular complexity index is 568. The first kappa shape index (κ1) is 13.8. The SMILES string of the molecule is Cc1cn[nH]c1NS(=O)(=O)N1CCCC(C(=O)O)C1. The third-order valence-corrected chi connectivity index (χ3v) is 4.61. The van der Waals surface area contributed by atoms with Crippen molar-refractivity contribution in [3.8, 4) is 0 Å². The summed E-state index contributed by atoms with van der Waals surface area (Å²) in [5.74, 6) is -1.30. The van der Waals surface area contributed by atoms with Gasteiger partial charge in [-0.05, 0) is 19.8 Å². The summed E-state index contributed by atoms with van der Waals surface area (Å²) in [6.45, 7) is 2.04. The predicted molar refractivity (Wildman–Crippen MR) is 67.8 cm³/mol. The Hall–Kier alpha value is -1.61. The second-order valence-corrected chi connectivity index (χ2v) is 6.24. The number of hydrogen-bond donors (Lipinski definition) is 3. The van der Waals surface area contributed by atoms with Gasteiger partial charge in [-0.15, -0.1) is 0 Å². The normalized spacial score (nSPS) is 21.2. The summed E-state index contributed by atoms with van der Waals surface area (Å²) in [6.07, 6.45) is 2.55. The van der Waals surface area contributed by atoms with Crippen molar-refractivity contribution in [1.29, 1.82) is 0 Å². The number of hydrogen-bond acceptors (Lipinski definition) is 4. The van der Waals surface area contributed by atoms with Gasteiger partial charge in [0, 0.05) is 18.7 Å². The Labute approximate surface area is 111 Å². The summed E-state index contributed by atoms with van der Waals surface area (Å²) in [4.78, 5) is 10.9. The van der Waals surface area contributed by atoms with Crippen LogP contribution in [0.2, 0.25) is 0 Å². The van der Waals surface area contributed by atoms with Gasteiger partial charge >= 0.3 is 16.2 Å². The zero-order chi connectivity index (χ0) is 14.0. The predicted octanol–water partition coefficient (Wildman–Crippen LogP) is 0.171. The minimum Gasteiger partial charge on any atom is -0.481 e. The monoisotopic (exact) mass is 288 g/mol. The maximum atomic E-state index is 12.1. The lowest BCUT2D eigenvalue weighted by molar-refractivity contribution is -0.142. The van der Waals surface area contributed by atoms with E-state index >= 15 is 0 Å². The first-order valence-corrected chi connectivity index (χ1v) is 7.35. The van der Waals surface area contributed by atoms with Crippen molar-refractivity contribution in [2.75, 3.05) is 17.8 Å². The highest BCUT2D eigenvalue weighted by Gasteiger charge is 2.32. The van der Waals surface area contributed by atoms with Crippen LogP contribution in [-0.4, -0.2) is 47.1 Å². The van der Waals surface area contributed by atoms with Gasteiger partial charge in [0.05, 0.1) is 12.1 Å². The highest BCUT2D eigenvalue weighted by molar-refractivity contribution is 7.90. The summed E-state index contributed by atoms with van der Waals surface area (Å²) >= 11 is 0. The van der Waals surface area contributed by atoms with Crippen LogP contribution in [0.3, 0.4) is 0 Å². The van der Waals surface area contributed by atoms with Crippen LogP contribution in [0.15, 0.2) is 6.20 Å². The van der Waals surface area contributed by atoms with Gasteiger partial charge in [0.15, 0.2) is 0 Å². The lowest BCUT2D eigenvalue weighted by Gasteiger charge is -2.29. The topological polar surface area (TPSA) is 115 Å². The summed E-state index contributed by atoms with van der Waals surface area (Å²) in [5, 5.41) is 15.2. The minimum atomic E-state index is -3.75. The smallest absolute Gasteiger partial charge is 0.307 e. The summed E-state index contributed by atoms with van der Waals surface area (Å²) in [6, 6.07) is 0. The van der Waals surface area contributed by atoms with Crippen LogP contribution in [-0.2, 0) is 15.0 Å². The molecule has 1 aliphatic heterocycles. The number of aromatic amines is 1. The van der Waals surface area contributed by atoms with Gasteiger partial charge in [-0.1, -0.05) is 0 Å². The molecule has 0 radical (unpaired) electrons. The van der Waals surface area contributed by atoms with E-state index in [9.17, 15) is 13.2 Å². The van der Waals surface area contributed by atoms with E-state index in [4.69, 9.17) is 5.11 Å². The Morgan fingerprint density at radius 2 is 2.37 bits per heavy atom. The molecule has 1 aromatic rings. The Kier molecular flexibility index (Phi) is 3.76. The van der Waals surface area contributed by atoms with E-state index in [1.807, 2.05) is 0 Å². The molecule has 0 aliphatic carbocycles. The first-order chi connectivity index (χ1) is 8.90.